The Morgan fingerprint density at radius 3 is 2.67 bits per heavy atom. The number of nitrogens with zero attached hydrogens (tertiary/aromatic N) is 2. The van der Waals surface area contributed by atoms with E-state index in [0.29, 0.717) is 17.5 Å². The summed E-state index contributed by atoms with van der Waals surface area (Å²) in [6.45, 7) is 1.96. The molecule has 0 amide bonds. The number of carboxylic acid groups (broad SMARTS) is 1. The van der Waals surface area contributed by atoms with Crippen molar-refractivity contribution in [3.63, 3.8) is 0 Å². The van der Waals surface area contributed by atoms with E-state index >= 15 is 0 Å². The van der Waals surface area contributed by atoms with Crippen LogP contribution in [0.15, 0.2) is 33.7 Å². The smallest absolute Gasteiger partial charge is 0.335 e. The Morgan fingerprint density at radius 2 is 2.11 bits per heavy atom. The number of thioether (sulfide) groups is 1. The van der Waals surface area contributed by atoms with E-state index in [1.54, 1.807) is 24.3 Å². The number of carbonyl (C=O) groups is 1. The third kappa shape index (κ3) is 3.10. The first-order chi connectivity index (χ1) is 8.69. The second-order valence-corrected chi connectivity index (χ2v) is 4.62. The zero-order valence-corrected chi connectivity index (χ0v) is 10.6. The molecule has 6 heteroatoms. The molecular weight excluding hydrogens is 252 g/mol. The van der Waals surface area contributed by atoms with Gasteiger partial charge in [0.05, 0.1) is 11.3 Å². The third-order valence-electron chi connectivity index (χ3n) is 2.29. The summed E-state index contributed by atoms with van der Waals surface area (Å²) in [6, 6.07) is 6.70. The van der Waals surface area contributed by atoms with Gasteiger partial charge >= 0.3 is 5.97 Å². The second-order valence-electron chi connectivity index (χ2n) is 3.58. The molecule has 0 bridgehead atoms. The Balaban J connectivity index is 1.95. The van der Waals surface area contributed by atoms with Crippen molar-refractivity contribution in [2.24, 2.45) is 0 Å². The predicted octanol–water partition coefficient (Wildman–Crippen LogP) is 2.62. The lowest BCUT2D eigenvalue weighted by molar-refractivity contribution is 0.0697. The molecule has 0 unspecified atom stereocenters. The zero-order chi connectivity index (χ0) is 13.0. The molecule has 5 nitrogen and oxygen atoms in total. The van der Waals surface area contributed by atoms with Gasteiger partial charge in [-0.15, -0.1) is 11.8 Å². The van der Waals surface area contributed by atoms with Crippen LogP contribution in [0.5, 0.6) is 0 Å². The summed E-state index contributed by atoms with van der Waals surface area (Å²) in [6.07, 6.45) is 0.751. The summed E-state index contributed by atoms with van der Waals surface area (Å²) < 4.78 is 5.06. The van der Waals surface area contributed by atoms with Gasteiger partial charge in [0.1, 0.15) is 0 Å². The van der Waals surface area contributed by atoms with Crippen molar-refractivity contribution in [1.29, 1.82) is 0 Å². The summed E-state index contributed by atoms with van der Waals surface area (Å²) in [5, 5.41) is 12.6. The number of aryl methyl sites for hydroxylation is 1. The van der Waals surface area contributed by atoms with Gasteiger partial charge in [-0.2, -0.15) is 4.98 Å². The fourth-order valence-corrected chi connectivity index (χ4v) is 2.07. The number of hydrogen-bond acceptors (Lipinski definition) is 5. The number of aromatic carboxylic acids is 1. The average Bonchev–Trinajstić information content (AvgIpc) is 2.85. The molecule has 0 aliphatic heterocycles. The van der Waals surface area contributed by atoms with Gasteiger partial charge in [0.25, 0.3) is 0 Å². The first kappa shape index (κ1) is 12.6. The van der Waals surface area contributed by atoms with Crippen LogP contribution in [0.2, 0.25) is 0 Å². The summed E-state index contributed by atoms with van der Waals surface area (Å²) in [5.74, 6) is 0.946. The molecular formula is C12H12N2O3S. The maximum Gasteiger partial charge on any atom is 0.335 e. The molecule has 0 fully saturated rings. The Morgan fingerprint density at radius 1 is 1.39 bits per heavy atom. The molecule has 0 saturated heterocycles. The third-order valence-corrected chi connectivity index (χ3v) is 3.29. The van der Waals surface area contributed by atoms with E-state index in [-0.39, 0.29) is 5.56 Å². The highest BCUT2D eigenvalue weighted by molar-refractivity contribution is 7.98. The Bertz CT molecular complexity index is 537. The first-order valence-electron chi connectivity index (χ1n) is 5.46. The van der Waals surface area contributed by atoms with Crippen molar-refractivity contribution >= 4 is 17.7 Å². The fourth-order valence-electron chi connectivity index (χ4n) is 1.33. The van der Waals surface area contributed by atoms with Crippen molar-refractivity contribution in [3.05, 3.63) is 41.5 Å². The van der Waals surface area contributed by atoms with E-state index in [1.165, 1.54) is 11.8 Å². The van der Waals surface area contributed by atoms with Crippen LogP contribution >= 0.6 is 11.8 Å². The molecule has 94 valence electrons. The minimum absolute atomic E-state index is 0.283. The topological polar surface area (TPSA) is 76.2 Å². The standard InChI is InChI=1S/C12H12N2O3S/c1-2-10-13-11(17-14-10)7-18-9-5-3-8(4-6-9)12(15)16/h3-6H,2,7H2,1H3,(H,15,16). The van der Waals surface area contributed by atoms with Crippen LogP contribution in [0, 0.1) is 0 Å². The molecule has 0 aliphatic rings. The molecule has 1 heterocycles. The summed E-state index contributed by atoms with van der Waals surface area (Å²) in [4.78, 5) is 15.9. The molecule has 0 saturated carbocycles. The number of benzene rings is 1. The van der Waals surface area contributed by atoms with E-state index in [2.05, 4.69) is 10.1 Å². The summed E-state index contributed by atoms with van der Waals surface area (Å²) in [5.41, 5.74) is 0.283. The van der Waals surface area contributed by atoms with Crippen LogP contribution in [0.4, 0.5) is 0 Å². The lowest BCUT2D eigenvalue weighted by Gasteiger charge is -1.99. The van der Waals surface area contributed by atoms with Gasteiger partial charge in [-0.05, 0) is 24.3 Å². The van der Waals surface area contributed by atoms with Crippen molar-refractivity contribution in [1.82, 2.24) is 10.1 Å². The van der Waals surface area contributed by atoms with Crippen molar-refractivity contribution in [2.75, 3.05) is 0 Å². The lowest BCUT2D eigenvalue weighted by Crippen LogP contribution is -1.94. The van der Waals surface area contributed by atoms with Crippen LogP contribution in [0.1, 0.15) is 29.0 Å². The van der Waals surface area contributed by atoms with Gasteiger partial charge in [-0.3, -0.25) is 0 Å². The number of hydrogen-bond donors (Lipinski definition) is 1. The zero-order valence-electron chi connectivity index (χ0n) is 9.79. The van der Waals surface area contributed by atoms with Gasteiger partial charge in [-0.1, -0.05) is 12.1 Å². The van der Waals surface area contributed by atoms with E-state index in [9.17, 15) is 4.79 Å². The number of rotatable bonds is 5. The maximum atomic E-state index is 10.7. The molecule has 1 aromatic heterocycles. The number of carboxylic acids is 1. The van der Waals surface area contributed by atoms with Gasteiger partial charge < -0.3 is 9.63 Å². The Labute approximate surface area is 108 Å². The Kier molecular flexibility index (Phi) is 3.99. The fraction of sp³-hybridized carbons (Fsp3) is 0.250. The molecule has 18 heavy (non-hydrogen) atoms. The molecule has 2 rings (SSSR count). The molecule has 0 spiro atoms. The molecule has 1 N–H and O–H groups in total. The average molecular weight is 264 g/mol. The molecule has 0 atom stereocenters. The van der Waals surface area contributed by atoms with Crippen LogP contribution < -0.4 is 0 Å². The van der Waals surface area contributed by atoms with Crippen LogP contribution in [-0.2, 0) is 12.2 Å². The van der Waals surface area contributed by atoms with E-state index < -0.39 is 5.97 Å². The largest absolute Gasteiger partial charge is 0.478 e. The second kappa shape index (κ2) is 5.68. The van der Waals surface area contributed by atoms with Crippen molar-refractivity contribution in [2.45, 2.75) is 24.0 Å². The monoisotopic (exact) mass is 264 g/mol. The summed E-state index contributed by atoms with van der Waals surface area (Å²) in [7, 11) is 0. The predicted molar refractivity (Wildman–Crippen MR) is 66.6 cm³/mol. The first-order valence-corrected chi connectivity index (χ1v) is 6.45. The molecule has 2 aromatic rings. The molecule has 0 aliphatic carbocycles. The van der Waals surface area contributed by atoms with Crippen LogP contribution in [0.3, 0.4) is 0 Å². The molecule has 1 aromatic carbocycles. The SMILES string of the molecule is CCc1noc(CSc2ccc(C(=O)O)cc2)n1. The minimum Gasteiger partial charge on any atom is -0.478 e. The van der Waals surface area contributed by atoms with Crippen molar-refractivity contribution in [3.8, 4) is 0 Å². The highest BCUT2D eigenvalue weighted by Gasteiger charge is 2.06. The van der Waals surface area contributed by atoms with Crippen LogP contribution in [0.25, 0.3) is 0 Å². The van der Waals surface area contributed by atoms with Gasteiger partial charge in [-0.25, -0.2) is 4.79 Å². The van der Waals surface area contributed by atoms with Gasteiger partial charge in [0.15, 0.2) is 5.82 Å². The van der Waals surface area contributed by atoms with E-state index in [1.807, 2.05) is 6.92 Å². The maximum absolute atomic E-state index is 10.7. The highest BCUT2D eigenvalue weighted by Crippen LogP contribution is 2.22. The lowest BCUT2D eigenvalue weighted by atomic mass is 10.2. The quantitative estimate of drug-likeness (QED) is 0.836. The minimum atomic E-state index is -0.920. The summed E-state index contributed by atoms with van der Waals surface area (Å²) >= 11 is 1.53. The Hall–Kier alpha value is -1.82. The van der Waals surface area contributed by atoms with Crippen molar-refractivity contribution < 1.29 is 14.4 Å². The highest BCUT2D eigenvalue weighted by atomic mass is 32.2. The van der Waals surface area contributed by atoms with E-state index in [4.69, 9.17) is 9.63 Å². The van der Waals surface area contributed by atoms with Gasteiger partial charge in [0, 0.05) is 11.3 Å². The molecule has 0 radical (unpaired) electrons. The normalized spacial score (nSPS) is 10.5. The van der Waals surface area contributed by atoms with Crippen LogP contribution in [-0.4, -0.2) is 21.2 Å². The van der Waals surface area contributed by atoms with E-state index in [0.717, 1.165) is 11.3 Å². The van der Waals surface area contributed by atoms with Gasteiger partial charge in [0.2, 0.25) is 5.89 Å². The number of aromatic nitrogens is 2.